The highest BCUT2D eigenvalue weighted by Gasteiger charge is 2.18. The lowest BCUT2D eigenvalue weighted by Gasteiger charge is -2.25. The van der Waals surface area contributed by atoms with E-state index in [0.717, 1.165) is 25.5 Å². The Hall–Kier alpha value is -2.12. The van der Waals surface area contributed by atoms with Gasteiger partial charge in [0.05, 0.1) is 6.20 Å². The number of aliphatic hydroxyl groups is 1. The van der Waals surface area contributed by atoms with Crippen LogP contribution < -0.4 is 15.4 Å². The van der Waals surface area contributed by atoms with E-state index < -0.39 is 6.10 Å². The molecule has 3 N–H and O–H groups in total. The van der Waals surface area contributed by atoms with Crippen molar-refractivity contribution in [3.05, 3.63) is 42.3 Å². The van der Waals surface area contributed by atoms with Crippen LogP contribution in [0.2, 0.25) is 0 Å². The summed E-state index contributed by atoms with van der Waals surface area (Å²) in [5.74, 6) is 1.54. The summed E-state index contributed by atoms with van der Waals surface area (Å²) in [6.07, 6.45) is 1.14. The van der Waals surface area contributed by atoms with Crippen LogP contribution in [0.25, 0.3) is 0 Å². The van der Waals surface area contributed by atoms with Crippen molar-refractivity contribution in [3.8, 4) is 5.75 Å². The zero-order chi connectivity index (χ0) is 16.1. The standard InChI is InChI=1S/C16H21FN4O2/c17-13-2-1-3-15(6-13)23-11-14(22)9-18-7-12-8-19-16-4-5-20-21(16)10-12/h1-6,12,14,18-19,22H,7-11H2/t12-,14+/m0/s1. The number of aliphatic hydroxyl groups excluding tert-OH is 1. The van der Waals surface area contributed by atoms with Crippen LogP contribution >= 0.6 is 0 Å². The Bertz CT molecular complexity index is 634. The number of nitrogens with one attached hydrogen (secondary N) is 2. The van der Waals surface area contributed by atoms with E-state index in [9.17, 15) is 9.50 Å². The van der Waals surface area contributed by atoms with Gasteiger partial charge < -0.3 is 20.5 Å². The van der Waals surface area contributed by atoms with Crippen LogP contribution in [0.1, 0.15) is 0 Å². The predicted molar refractivity (Wildman–Crippen MR) is 85.0 cm³/mol. The van der Waals surface area contributed by atoms with Crippen molar-refractivity contribution < 1.29 is 14.2 Å². The predicted octanol–water partition coefficient (Wildman–Crippen LogP) is 1.09. The number of anilines is 1. The van der Waals surface area contributed by atoms with E-state index >= 15 is 0 Å². The first kappa shape index (κ1) is 15.8. The molecule has 1 aromatic heterocycles. The molecule has 7 heteroatoms. The summed E-state index contributed by atoms with van der Waals surface area (Å²) in [6, 6.07) is 7.86. The largest absolute Gasteiger partial charge is 0.491 e. The summed E-state index contributed by atoms with van der Waals surface area (Å²) in [5.41, 5.74) is 0. The van der Waals surface area contributed by atoms with Crippen molar-refractivity contribution in [2.45, 2.75) is 12.6 Å². The monoisotopic (exact) mass is 320 g/mol. The van der Waals surface area contributed by atoms with Gasteiger partial charge in [0.2, 0.25) is 0 Å². The number of benzene rings is 1. The first-order chi connectivity index (χ1) is 11.2. The smallest absolute Gasteiger partial charge is 0.126 e. The van der Waals surface area contributed by atoms with Crippen molar-refractivity contribution in [3.63, 3.8) is 0 Å². The minimum atomic E-state index is -0.643. The van der Waals surface area contributed by atoms with Crippen LogP contribution in [0.3, 0.4) is 0 Å². The van der Waals surface area contributed by atoms with Crippen molar-refractivity contribution in [1.29, 1.82) is 0 Å². The van der Waals surface area contributed by atoms with Crippen LogP contribution in [-0.4, -0.2) is 47.2 Å². The average molecular weight is 320 g/mol. The highest BCUT2D eigenvalue weighted by molar-refractivity contribution is 5.35. The second-order valence-electron chi connectivity index (χ2n) is 5.73. The molecule has 0 unspecified atom stereocenters. The third-order valence-corrected chi connectivity index (χ3v) is 3.77. The quantitative estimate of drug-likeness (QED) is 0.712. The van der Waals surface area contributed by atoms with Gasteiger partial charge in [-0.2, -0.15) is 5.10 Å². The Morgan fingerprint density at radius 1 is 1.48 bits per heavy atom. The second kappa shape index (κ2) is 7.43. The number of ether oxygens (including phenoxy) is 1. The molecule has 124 valence electrons. The van der Waals surface area contributed by atoms with Crippen LogP contribution in [-0.2, 0) is 6.54 Å². The van der Waals surface area contributed by atoms with E-state index in [1.807, 2.05) is 10.7 Å². The maximum Gasteiger partial charge on any atom is 0.126 e. The van der Waals surface area contributed by atoms with Crippen LogP contribution in [0.15, 0.2) is 36.5 Å². The van der Waals surface area contributed by atoms with Gasteiger partial charge in [0, 0.05) is 44.2 Å². The van der Waals surface area contributed by atoms with Gasteiger partial charge in [-0.25, -0.2) is 9.07 Å². The van der Waals surface area contributed by atoms with E-state index in [-0.39, 0.29) is 12.4 Å². The summed E-state index contributed by atoms with van der Waals surface area (Å²) < 4.78 is 20.3. The number of hydrogen-bond acceptors (Lipinski definition) is 5. The fourth-order valence-electron chi connectivity index (χ4n) is 2.59. The van der Waals surface area contributed by atoms with E-state index in [1.54, 1.807) is 18.3 Å². The summed E-state index contributed by atoms with van der Waals surface area (Å²) in [7, 11) is 0. The van der Waals surface area contributed by atoms with Gasteiger partial charge in [-0.05, 0) is 12.1 Å². The molecular formula is C16H21FN4O2. The molecule has 23 heavy (non-hydrogen) atoms. The Morgan fingerprint density at radius 2 is 2.39 bits per heavy atom. The number of nitrogens with zero attached hydrogens (tertiary/aromatic N) is 2. The fourth-order valence-corrected chi connectivity index (χ4v) is 2.59. The molecule has 0 amide bonds. The van der Waals surface area contributed by atoms with Gasteiger partial charge in [0.1, 0.15) is 30.1 Å². The summed E-state index contributed by atoms with van der Waals surface area (Å²) in [5, 5.41) is 20.7. The van der Waals surface area contributed by atoms with Crippen molar-refractivity contribution in [2.75, 3.05) is 31.6 Å². The highest BCUT2D eigenvalue weighted by Crippen LogP contribution is 2.15. The molecular weight excluding hydrogens is 299 g/mol. The Labute approximate surface area is 134 Å². The molecule has 1 aliphatic heterocycles. The van der Waals surface area contributed by atoms with Gasteiger partial charge in [0.15, 0.2) is 0 Å². The van der Waals surface area contributed by atoms with Crippen LogP contribution in [0.4, 0.5) is 10.2 Å². The van der Waals surface area contributed by atoms with Gasteiger partial charge in [-0.1, -0.05) is 6.07 Å². The van der Waals surface area contributed by atoms with Gasteiger partial charge in [-0.3, -0.25) is 0 Å². The number of halogens is 1. The molecule has 1 aliphatic rings. The third kappa shape index (κ3) is 4.43. The molecule has 0 saturated heterocycles. The van der Waals surface area contributed by atoms with E-state index in [0.29, 0.717) is 18.2 Å². The zero-order valence-corrected chi connectivity index (χ0v) is 12.8. The minimum Gasteiger partial charge on any atom is -0.491 e. The minimum absolute atomic E-state index is 0.128. The lowest BCUT2D eigenvalue weighted by Crippen LogP contribution is -2.39. The Balaban J connectivity index is 1.34. The molecule has 0 fully saturated rings. The fraction of sp³-hybridized carbons (Fsp3) is 0.438. The molecule has 6 nitrogen and oxygen atoms in total. The third-order valence-electron chi connectivity index (χ3n) is 3.77. The number of hydrogen-bond donors (Lipinski definition) is 3. The molecule has 0 radical (unpaired) electrons. The molecule has 2 heterocycles. The van der Waals surface area contributed by atoms with Crippen molar-refractivity contribution in [2.24, 2.45) is 5.92 Å². The molecule has 0 bridgehead atoms. The molecule has 2 aromatic rings. The van der Waals surface area contributed by atoms with Crippen LogP contribution in [0, 0.1) is 11.7 Å². The van der Waals surface area contributed by atoms with Crippen molar-refractivity contribution in [1.82, 2.24) is 15.1 Å². The molecule has 1 aromatic carbocycles. The normalized spacial score (nSPS) is 18.1. The van der Waals surface area contributed by atoms with E-state index in [4.69, 9.17) is 4.74 Å². The van der Waals surface area contributed by atoms with Gasteiger partial charge in [-0.15, -0.1) is 0 Å². The Kier molecular flexibility index (Phi) is 5.09. The SMILES string of the molecule is O[C@H](CNC[C@H]1CNc2ccnn2C1)COc1cccc(F)c1. The molecule has 0 aliphatic carbocycles. The number of aromatic nitrogens is 2. The van der Waals surface area contributed by atoms with E-state index in [1.165, 1.54) is 12.1 Å². The van der Waals surface area contributed by atoms with Crippen molar-refractivity contribution >= 4 is 5.82 Å². The molecule has 0 saturated carbocycles. The summed E-state index contributed by atoms with van der Waals surface area (Å²) in [6.45, 7) is 3.08. The Morgan fingerprint density at radius 3 is 3.26 bits per heavy atom. The lowest BCUT2D eigenvalue weighted by atomic mass is 10.1. The zero-order valence-electron chi connectivity index (χ0n) is 12.8. The molecule has 3 rings (SSSR count). The van der Waals surface area contributed by atoms with Gasteiger partial charge in [0.25, 0.3) is 0 Å². The first-order valence-corrected chi connectivity index (χ1v) is 7.73. The molecule has 0 spiro atoms. The molecule has 2 atom stereocenters. The number of fused-ring (bicyclic) bond motifs is 1. The maximum atomic E-state index is 13.0. The summed E-state index contributed by atoms with van der Waals surface area (Å²) in [4.78, 5) is 0. The lowest BCUT2D eigenvalue weighted by molar-refractivity contribution is 0.105. The first-order valence-electron chi connectivity index (χ1n) is 7.73. The topological polar surface area (TPSA) is 71.3 Å². The van der Waals surface area contributed by atoms with Gasteiger partial charge >= 0.3 is 0 Å². The number of rotatable bonds is 7. The highest BCUT2D eigenvalue weighted by atomic mass is 19.1. The van der Waals surface area contributed by atoms with E-state index in [2.05, 4.69) is 15.7 Å². The average Bonchev–Trinajstić information content (AvgIpc) is 3.01. The second-order valence-corrected chi connectivity index (χ2v) is 5.73. The summed E-state index contributed by atoms with van der Waals surface area (Å²) >= 11 is 0. The maximum absolute atomic E-state index is 13.0. The van der Waals surface area contributed by atoms with Crippen LogP contribution in [0.5, 0.6) is 5.75 Å².